The molecule has 1 aliphatic rings. The lowest BCUT2D eigenvalue weighted by Gasteiger charge is -2.23. The van der Waals surface area contributed by atoms with Crippen LogP contribution in [0.3, 0.4) is 0 Å². The number of hydrogen-bond acceptors (Lipinski definition) is 6. The lowest BCUT2D eigenvalue weighted by molar-refractivity contribution is 0.0230. The Hall–Kier alpha value is -2.42. The molecule has 9 heteroatoms. The van der Waals surface area contributed by atoms with E-state index in [0.717, 1.165) is 59.5 Å². The number of aryl methyl sites for hydroxylation is 1. The molecule has 1 saturated heterocycles. The summed E-state index contributed by atoms with van der Waals surface area (Å²) in [4.78, 5) is 17.5. The zero-order chi connectivity index (χ0) is 24.8. The zero-order valence-corrected chi connectivity index (χ0v) is 23.5. The third kappa shape index (κ3) is 8.28. The lowest BCUT2D eigenvalue weighted by atomic mass is 10.1. The SMILES string of the molecule is COC(C)(C)CNCc1cnc2c(C)c(NC(=O)c3ccc(OC[C@H]4CCCO4)cc3)ccc2c1.Cl.Cl. The number of methoxy groups -OCH3 is 1. The first-order valence-electron chi connectivity index (χ1n) is 12.1. The number of nitrogens with one attached hydrogen (secondary N) is 2. The van der Waals surface area contributed by atoms with Crippen LogP contribution in [0.25, 0.3) is 10.9 Å². The summed E-state index contributed by atoms with van der Waals surface area (Å²) in [6.07, 6.45) is 4.16. The lowest BCUT2D eigenvalue weighted by Crippen LogP contribution is -2.36. The van der Waals surface area contributed by atoms with Crippen LogP contribution in [0.5, 0.6) is 5.75 Å². The van der Waals surface area contributed by atoms with Crippen molar-refractivity contribution < 1.29 is 19.0 Å². The van der Waals surface area contributed by atoms with Gasteiger partial charge in [-0.3, -0.25) is 9.78 Å². The normalized spacial score (nSPS) is 15.1. The monoisotopic (exact) mass is 549 g/mol. The molecule has 1 atom stereocenters. The summed E-state index contributed by atoms with van der Waals surface area (Å²) in [5, 5.41) is 7.48. The molecular formula is C28H37Cl2N3O4. The molecule has 4 rings (SSSR count). The molecule has 2 aromatic carbocycles. The van der Waals surface area contributed by atoms with Gasteiger partial charge in [0.25, 0.3) is 5.91 Å². The molecular weight excluding hydrogens is 513 g/mol. The van der Waals surface area contributed by atoms with Gasteiger partial charge in [-0.25, -0.2) is 0 Å². The number of nitrogens with zero attached hydrogens (tertiary/aromatic N) is 1. The number of aromatic nitrogens is 1. The van der Waals surface area contributed by atoms with Crippen molar-refractivity contribution in [1.29, 1.82) is 0 Å². The van der Waals surface area contributed by atoms with Crippen LogP contribution in [0, 0.1) is 6.92 Å². The van der Waals surface area contributed by atoms with Crippen molar-refractivity contribution in [3.63, 3.8) is 0 Å². The third-order valence-corrected chi connectivity index (χ3v) is 6.42. The third-order valence-electron chi connectivity index (χ3n) is 6.42. The van der Waals surface area contributed by atoms with Gasteiger partial charge < -0.3 is 24.8 Å². The van der Waals surface area contributed by atoms with Gasteiger partial charge in [-0.15, -0.1) is 24.8 Å². The first-order valence-corrected chi connectivity index (χ1v) is 12.1. The number of fused-ring (bicyclic) bond motifs is 1. The maximum absolute atomic E-state index is 12.8. The number of ether oxygens (including phenoxy) is 3. The van der Waals surface area contributed by atoms with Crippen LogP contribution in [-0.4, -0.2) is 49.5 Å². The van der Waals surface area contributed by atoms with Crippen molar-refractivity contribution in [3.05, 3.63) is 65.4 Å². The van der Waals surface area contributed by atoms with Gasteiger partial charge in [-0.05, 0) is 81.1 Å². The standard InChI is InChI=1S/C28H35N3O4.2ClH/c1-19-25(12-9-22-14-20(16-30-26(19)22)15-29-18-28(2,3)33-4)31-27(32)21-7-10-23(11-8-21)35-17-24-6-5-13-34-24;;/h7-12,14,16,24,29H,5-6,13,15,17-18H2,1-4H3,(H,31,32);2*1H/t24-;;/m1../s1. The van der Waals surface area contributed by atoms with E-state index in [1.54, 1.807) is 19.2 Å². The Balaban J connectivity index is 0.00000241. The minimum absolute atomic E-state index is 0. The topological polar surface area (TPSA) is 81.7 Å². The van der Waals surface area contributed by atoms with E-state index in [1.807, 2.05) is 51.2 Å². The van der Waals surface area contributed by atoms with Crippen LogP contribution in [0.4, 0.5) is 5.69 Å². The predicted octanol–water partition coefficient (Wildman–Crippen LogP) is 5.71. The van der Waals surface area contributed by atoms with Crippen LogP contribution < -0.4 is 15.4 Å². The molecule has 0 bridgehead atoms. The summed E-state index contributed by atoms with van der Waals surface area (Å²) < 4.78 is 16.8. The molecule has 0 aliphatic carbocycles. The van der Waals surface area contributed by atoms with E-state index in [0.29, 0.717) is 18.7 Å². The number of benzene rings is 2. The number of pyridine rings is 1. The van der Waals surface area contributed by atoms with Crippen molar-refractivity contribution in [2.45, 2.75) is 51.9 Å². The van der Waals surface area contributed by atoms with Gasteiger partial charge in [0.1, 0.15) is 12.4 Å². The maximum Gasteiger partial charge on any atom is 0.255 e. The highest BCUT2D eigenvalue weighted by atomic mass is 35.5. The highest BCUT2D eigenvalue weighted by molar-refractivity contribution is 6.06. The molecule has 0 radical (unpaired) electrons. The molecule has 1 fully saturated rings. The molecule has 37 heavy (non-hydrogen) atoms. The van der Waals surface area contributed by atoms with E-state index in [1.165, 1.54) is 0 Å². The smallest absolute Gasteiger partial charge is 0.255 e. The molecule has 2 heterocycles. The van der Waals surface area contributed by atoms with Crippen molar-refractivity contribution in [2.24, 2.45) is 0 Å². The molecule has 202 valence electrons. The average Bonchev–Trinajstić information content (AvgIpc) is 3.38. The van der Waals surface area contributed by atoms with Gasteiger partial charge in [-0.2, -0.15) is 0 Å². The Labute approximate surface area is 231 Å². The van der Waals surface area contributed by atoms with Crippen molar-refractivity contribution >= 4 is 47.3 Å². The first-order chi connectivity index (χ1) is 16.8. The van der Waals surface area contributed by atoms with E-state index in [9.17, 15) is 4.79 Å². The Bertz CT molecular complexity index is 1170. The van der Waals surface area contributed by atoms with Gasteiger partial charge in [0.15, 0.2) is 0 Å². The second-order valence-corrected chi connectivity index (χ2v) is 9.65. The van der Waals surface area contributed by atoms with Gasteiger partial charge >= 0.3 is 0 Å². The predicted molar refractivity (Wildman–Crippen MR) is 153 cm³/mol. The van der Waals surface area contributed by atoms with Crippen molar-refractivity contribution in [1.82, 2.24) is 10.3 Å². The number of amides is 1. The summed E-state index contributed by atoms with van der Waals surface area (Å²) >= 11 is 0. The van der Waals surface area contributed by atoms with Crippen molar-refractivity contribution in [3.8, 4) is 5.75 Å². The summed E-state index contributed by atoms with van der Waals surface area (Å²) in [5.74, 6) is 0.568. The first kappa shape index (κ1) is 30.8. The molecule has 3 aromatic rings. The molecule has 1 aromatic heterocycles. The van der Waals surface area contributed by atoms with Gasteiger partial charge in [0, 0.05) is 49.6 Å². The van der Waals surface area contributed by atoms with Gasteiger partial charge in [0.2, 0.25) is 0 Å². The molecule has 1 aliphatic heterocycles. The van der Waals surface area contributed by atoms with Crippen LogP contribution in [0.2, 0.25) is 0 Å². The fraction of sp³-hybridized carbons (Fsp3) is 0.429. The van der Waals surface area contributed by atoms with E-state index < -0.39 is 0 Å². The number of halogens is 2. The minimum atomic E-state index is -0.217. The highest BCUT2D eigenvalue weighted by Crippen LogP contribution is 2.25. The molecule has 1 amide bonds. The van der Waals surface area contributed by atoms with Gasteiger partial charge in [0.05, 0.1) is 17.2 Å². The van der Waals surface area contributed by atoms with E-state index in [-0.39, 0.29) is 42.4 Å². The summed E-state index contributed by atoms with van der Waals surface area (Å²) in [5.41, 5.74) is 4.02. The Morgan fingerprint density at radius 1 is 1.16 bits per heavy atom. The number of rotatable bonds is 10. The van der Waals surface area contributed by atoms with E-state index in [2.05, 4.69) is 21.7 Å². The summed E-state index contributed by atoms with van der Waals surface area (Å²) in [6, 6.07) is 13.3. The van der Waals surface area contributed by atoms with Crippen molar-refractivity contribution in [2.75, 3.05) is 32.2 Å². The second-order valence-electron chi connectivity index (χ2n) is 9.65. The second kappa shape index (κ2) is 13.9. The molecule has 7 nitrogen and oxygen atoms in total. The quantitative estimate of drug-likeness (QED) is 0.337. The molecule has 2 N–H and O–H groups in total. The van der Waals surface area contributed by atoms with Crippen LogP contribution in [0.1, 0.15) is 48.2 Å². The van der Waals surface area contributed by atoms with E-state index in [4.69, 9.17) is 14.2 Å². The minimum Gasteiger partial charge on any atom is -0.491 e. The largest absolute Gasteiger partial charge is 0.491 e. The highest BCUT2D eigenvalue weighted by Gasteiger charge is 2.17. The van der Waals surface area contributed by atoms with E-state index >= 15 is 0 Å². The number of hydrogen-bond donors (Lipinski definition) is 2. The molecule has 0 saturated carbocycles. The van der Waals surface area contributed by atoms with Crippen LogP contribution in [0.15, 0.2) is 48.7 Å². The number of carbonyl (C=O) groups excluding carboxylic acids is 1. The fourth-order valence-electron chi connectivity index (χ4n) is 4.07. The average molecular weight is 551 g/mol. The Morgan fingerprint density at radius 2 is 1.92 bits per heavy atom. The van der Waals surface area contributed by atoms with Gasteiger partial charge in [-0.1, -0.05) is 6.07 Å². The van der Waals surface area contributed by atoms with Crippen LogP contribution >= 0.6 is 24.8 Å². The Kier molecular flexibility index (Phi) is 11.6. The Morgan fingerprint density at radius 3 is 2.59 bits per heavy atom. The molecule has 0 unspecified atom stereocenters. The van der Waals surface area contributed by atoms with Crippen LogP contribution in [-0.2, 0) is 16.0 Å². The number of anilines is 1. The summed E-state index contributed by atoms with van der Waals surface area (Å²) in [6.45, 7) is 8.87. The molecule has 0 spiro atoms. The number of carbonyl (C=O) groups is 1. The maximum atomic E-state index is 12.8. The fourth-order valence-corrected chi connectivity index (χ4v) is 4.07. The summed E-state index contributed by atoms with van der Waals surface area (Å²) in [7, 11) is 1.72. The zero-order valence-electron chi connectivity index (χ0n) is 21.8.